The van der Waals surface area contributed by atoms with E-state index in [9.17, 15) is 0 Å². The van der Waals surface area contributed by atoms with Crippen LogP contribution in [-0.4, -0.2) is 13.2 Å². The van der Waals surface area contributed by atoms with Crippen LogP contribution in [0, 0.1) is 24.7 Å². The molecule has 164 valence electrons. The van der Waals surface area contributed by atoms with E-state index in [-0.39, 0.29) is 6.29 Å². The molecule has 1 saturated heterocycles. The van der Waals surface area contributed by atoms with Crippen molar-refractivity contribution in [3.8, 4) is 0 Å². The second kappa shape index (κ2) is 12.1. The molecule has 0 radical (unpaired) electrons. The fourth-order valence-electron chi connectivity index (χ4n) is 5.34. The molecular formula is C27H44O2. The maximum atomic E-state index is 6.23. The van der Waals surface area contributed by atoms with Crippen molar-refractivity contribution < 1.29 is 9.47 Å². The molecule has 1 aliphatic carbocycles. The van der Waals surface area contributed by atoms with Gasteiger partial charge in [0.25, 0.3) is 0 Å². The minimum absolute atomic E-state index is 0.165. The van der Waals surface area contributed by atoms with E-state index in [0.717, 1.165) is 25.0 Å². The summed E-state index contributed by atoms with van der Waals surface area (Å²) in [4.78, 5) is 0. The van der Waals surface area contributed by atoms with Crippen molar-refractivity contribution in [1.82, 2.24) is 0 Å². The SMILES string of the molecule is CCCCCc1ccc(C2OCC(C3CCC(CCCCC)CC3)CO2)c(C)c1. The van der Waals surface area contributed by atoms with Gasteiger partial charge in [-0.15, -0.1) is 0 Å². The van der Waals surface area contributed by atoms with Crippen LogP contribution in [0.15, 0.2) is 18.2 Å². The van der Waals surface area contributed by atoms with Crippen LogP contribution in [0.3, 0.4) is 0 Å². The van der Waals surface area contributed by atoms with E-state index < -0.39 is 0 Å². The molecule has 1 heterocycles. The van der Waals surface area contributed by atoms with Crippen molar-refractivity contribution in [2.45, 2.75) is 104 Å². The zero-order valence-electron chi connectivity index (χ0n) is 19.3. The lowest BCUT2D eigenvalue weighted by atomic mass is 9.74. The number of aryl methyl sites for hydroxylation is 2. The first-order valence-electron chi connectivity index (χ1n) is 12.5. The topological polar surface area (TPSA) is 18.5 Å². The first-order valence-corrected chi connectivity index (χ1v) is 12.5. The first-order chi connectivity index (χ1) is 14.2. The van der Waals surface area contributed by atoms with Gasteiger partial charge in [0, 0.05) is 11.5 Å². The highest BCUT2D eigenvalue weighted by Gasteiger charge is 2.32. The molecule has 0 spiro atoms. The Bertz CT molecular complexity index is 580. The lowest BCUT2D eigenvalue weighted by molar-refractivity contribution is -0.215. The summed E-state index contributed by atoms with van der Waals surface area (Å²) in [6.07, 6.45) is 16.1. The highest BCUT2D eigenvalue weighted by Crippen LogP contribution is 2.39. The van der Waals surface area contributed by atoms with Gasteiger partial charge in [0.05, 0.1) is 13.2 Å². The summed E-state index contributed by atoms with van der Waals surface area (Å²) in [6, 6.07) is 6.85. The summed E-state index contributed by atoms with van der Waals surface area (Å²) in [7, 11) is 0. The maximum Gasteiger partial charge on any atom is 0.184 e. The smallest absolute Gasteiger partial charge is 0.184 e. The fraction of sp³-hybridized carbons (Fsp3) is 0.778. The molecule has 2 heteroatoms. The molecular weight excluding hydrogens is 356 g/mol. The second-order valence-electron chi connectivity index (χ2n) is 9.68. The number of hydrogen-bond donors (Lipinski definition) is 0. The van der Waals surface area contributed by atoms with Crippen molar-refractivity contribution in [3.05, 3.63) is 34.9 Å². The van der Waals surface area contributed by atoms with Gasteiger partial charge in [-0.1, -0.05) is 83.4 Å². The Balaban J connectivity index is 1.42. The van der Waals surface area contributed by atoms with Crippen molar-refractivity contribution in [2.75, 3.05) is 13.2 Å². The third kappa shape index (κ3) is 6.82. The van der Waals surface area contributed by atoms with Crippen LogP contribution in [0.2, 0.25) is 0 Å². The van der Waals surface area contributed by atoms with Crippen molar-refractivity contribution in [3.63, 3.8) is 0 Å². The summed E-state index contributed by atoms with van der Waals surface area (Å²) >= 11 is 0. The summed E-state index contributed by atoms with van der Waals surface area (Å²) in [5.74, 6) is 2.38. The standard InChI is InChI=1S/C27H44O2/c1-4-6-8-10-22-12-15-24(16-13-22)25-19-28-27(29-20-25)26-17-14-23(18-21(26)3)11-9-7-5-2/h14,17-18,22,24-25,27H,4-13,15-16,19-20H2,1-3H3. The molecule has 1 aromatic rings. The van der Waals surface area contributed by atoms with E-state index in [1.807, 2.05) is 0 Å². The van der Waals surface area contributed by atoms with E-state index in [0.29, 0.717) is 5.92 Å². The van der Waals surface area contributed by atoms with Crippen LogP contribution in [0.5, 0.6) is 0 Å². The number of benzene rings is 1. The molecule has 3 rings (SSSR count). The third-order valence-electron chi connectivity index (χ3n) is 7.35. The Morgan fingerprint density at radius 2 is 1.52 bits per heavy atom. The monoisotopic (exact) mass is 400 g/mol. The molecule has 2 nitrogen and oxygen atoms in total. The van der Waals surface area contributed by atoms with Gasteiger partial charge in [-0.3, -0.25) is 0 Å². The van der Waals surface area contributed by atoms with Gasteiger partial charge >= 0.3 is 0 Å². The van der Waals surface area contributed by atoms with Crippen molar-refractivity contribution in [2.24, 2.45) is 17.8 Å². The predicted octanol–water partition coefficient (Wildman–Crippen LogP) is 7.78. The average Bonchev–Trinajstić information content (AvgIpc) is 2.75. The Hall–Kier alpha value is -0.860. The molecule has 0 atom stereocenters. The Morgan fingerprint density at radius 1 is 0.828 bits per heavy atom. The van der Waals surface area contributed by atoms with E-state index in [4.69, 9.17) is 9.47 Å². The lowest BCUT2D eigenvalue weighted by Crippen LogP contribution is -2.34. The zero-order valence-corrected chi connectivity index (χ0v) is 19.3. The first kappa shape index (κ1) is 22.8. The lowest BCUT2D eigenvalue weighted by Gasteiger charge is -2.38. The third-order valence-corrected chi connectivity index (χ3v) is 7.35. The molecule has 29 heavy (non-hydrogen) atoms. The summed E-state index contributed by atoms with van der Waals surface area (Å²) in [6.45, 7) is 8.51. The average molecular weight is 401 g/mol. The minimum atomic E-state index is -0.165. The largest absolute Gasteiger partial charge is 0.348 e. The summed E-state index contributed by atoms with van der Waals surface area (Å²) in [5, 5.41) is 0. The normalized spacial score (nSPS) is 27.8. The molecule has 0 N–H and O–H groups in total. The van der Waals surface area contributed by atoms with Gasteiger partial charge in [-0.2, -0.15) is 0 Å². The van der Waals surface area contributed by atoms with Crippen molar-refractivity contribution >= 4 is 0 Å². The summed E-state index contributed by atoms with van der Waals surface area (Å²) in [5.41, 5.74) is 3.99. The van der Waals surface area contributed by atoms with Gasteiger partial charge < -0.3 is 9.47 Å². The number of ether oxygens (including phenoxy) is 2. The molecule has 0 amide bonds. The highest BCUT2D eigenvalue weighted by molar-refractivity contribution is 5.32. The minimum Gasteiger partial charge on any atom is -0.348 e. The molecule has 2 fully saturated rings. The Kier molecular flexibility index (Phi) is 9.52. The van der Waals surface area contributed by atoms with Gasteiger partial charge in [0.2, 0.25) is 0 Å². The zero-order chi connectivity index (χ0) is 20.5. The summed E-state index contributed by atoms with van der Waals surface area (Å²) < 4.78 is 12.5. The molecule has 0 aromatic heterocycles. The fourth-order valence-corrected chi connectivity index (χ4v) is 5.34. The van der Waals surface area contributed by atoms with Gasteiger partial charge in [-0.05, 0) is 55.6 Å². The molecule has 0 unspecified atom stereocenters. The van der Waals surface area contributed by atoms with Gasteiger partial charge in [0.15, 0.2) is 6.29 Å². The Labute approximate surface area is 179 Å². The molecule has 2 aliphatic rings. The van der Waals surface area contributed by atoms with E-state index in [2.05, 4.69) is 39.0 Å². The van der Waals surface area contributed by atoms with Crippen LogP contribution in [-0.2, 0) is 15.9 Å². The van der Waals surface area contributed by atoms with Crippen LogP contribution in [0.25, 0.3) is 0 Å². The second-order valence-corrected chi connectivity index (χ2v) is 9.68. The van der Waals surface area contributed by atoms with Gasteiger partial charge in [-0.25, -0.2) is 0 Å². The maximum absolute atomic E-state index is 6.23. The molecule has 1 aliphatic heterocycles. The Morgan fingerprint density at radius 3 is 2.17 bits per heavy atom. The van der Waals surface area contributed by atoms with Gasteiger partial charge in [0.1, 0.15) is 0 Å². The van der Waals surface area contributed by atoms with Crippen molar-refractivity contribution in [1.29, 1.82) is 0 Å². The van der Waals surface area contributed by atoms with E-state index in [1.54, 1.807) is 0 Å². The highest BCUT2D eigenvalue weighted by atomic mass is 16.7. The molecule has 0 bridgehead atoms. The van der Waals surface area contributed by atoms with Crippen LogP contribution in [0.4, 0.5) is 0 Å². The van der Waals surface area contributed by atoms with Crippen LogP contribution < -0.4 is 0 Å². The predicted molar refractivity (Wildman–Crippen MR) is 122 cm³/mol. The number of hydrogen-bond acceptors (Lipinski definition) is 2. The van der Waals surface area contributed by atoms with Crippen LogP contribution >= 0.6 is 0 Å². The molecule has 1 saturated carbocycles. The number of rotatable bonds is 10. The number of unbranched alkanes of at least 4 members (excludes halogenated alkanes) is 4. The van der Waals surface area contributed by atoms with E-state index in [1.165, 1.54) is 93.7 Å². The molecule has 1 aromatic carbocycles. The van der Waals surface area contributed by atoms with Crippen LogP contribution in [0.1, 0.15) is 107 Å². The quantitative estimate of drug-likeness (QED) is 0.373. The van der Waals surface area contributed by atoms with E-state index >= 15 is 0 Å².